The van der Waals surface area contributed by atoms with E-state index in [9.17, 15) is 4.79 Å². The topological polar surface area (TPSA) is 81.3 Å². The molecule has 1 amide bonds. The van der Waals surface area contributed by atoms with Gasteiger partial charge < -0.3 is 15.4 Å². The average Bonchev–Trinajstić information content (AvgIpc) is 2.59. The van der Waals surface area contributed by atoms with Gasteiger partial charge in [0.25, 0.3) is 5.91 Å². The zero-order chi connectivity index (χ0) is 17.1. The summed E-state index contributed by atoms with van der Waals surface area (Å²) in [5.41, 5.74) is 8.17. The number of carbonyl (C=O) groups is 1. The van der Waals surface area contributed by atoms with E-state index >= 15 is 0 Å². The minimum absolute atomic E-state index is 0.155. The first kappa shape index (κ1) is 16.5. The Morgan fingerprint density at radius 1 is 1.33 bits per heavy atom. The van der Waals surface area contributed by atoms with E-state index in [0.29, 0.717) is 24.5 Å². The smallest absolute Gasteiger partial charge is 0.252 e. The van der Waals surface area contributed by atoms with Crippen LogP contribution in [0.1, 0.15) is 34.8 Å². The molecule has 1 aromatic heterocycles. The van der Waals surface area contributed by atoms with Crippen LogP contribution < -0.4 is 15.4 Å². The quantitative estimate of drug-likeness (QED) is 0.899. The van der Waals surface area contributed by atoms with Crippen LogP contribution in [0.2, 0.25) is 5.15 Å². The molecular formula is C17H19ClN4O2. The van der Waals surface area contributed by atoms with Crippen molar-refractivity contribution >= 4 is 23.3 Å². The van der Waals surface area contributed by atoms with Crippen LogP contribution in [0.3, 0.4) is 0 Å². The summed E-state index contributed by atoms with van der Waals surface area (Å²) in [6.45, 7) is 4.16. The molecule has 2 heterocycles. The standard InChI is InChI=1S/C17H19ClN4O2/c1-2-7-24-13-4-3-12-10-22(6-5-11(12)8-13)17-14(16(19)23)9-15(18)20-21-17/h3-4,8-9H,2,5-7,10H2,1H3,(H2,19,23). The SMILES string of the molecule is CCCOc1ccc2c(c1)CCN(c1nnc(Cl)cc1C(N)=O)C2. The largest absolute Gasteiger partial charge is 0.494 e. The van der Waals surface area contributed by atoms with Gasteiger partial charge >= 0.3 is 0 Å². The van der Waals surface area contributed by atoms with Gasteiger partial charge in [0.2, 0.25) is 0 Å². The Morgan fingerprint density at radius 3 is 2.92 bits per heavy atom. The maximum atomic E-state index is 11.7. The second-order valence-corrected chi connectivity index (χ2v) is 6.11. The van der Waals surface area contributed by atoms with E-state index in [1.807, 2.05) is 11.0 Å². The summed E-state index contributed by atoms with van der Waals surface area (Å²) < 4.78 is 5.68. The van der Waals surface area contributed by atoms with Crippen molar-refractivity contribution in [3.05, 3.63) is 46.1 Å². The van der Waals surface area contributed by atoms with Crippen molar-refractivity contribution in [2.75, 3.05) is 18.1 Å². The highest BCUT2D eigenvalue weighted by atomic mass is 35.5. The van der Waals surface area contributed by atoms with Crippen molar-refractivity contribution in [2.24, 2.45) is 5.73 Å². The van der Waals surface area contributed by atoms with Gasteiger partial charge in [-0.25, -0.2) is 0 Å². The molecule has 0 saturated carbocycles. The summed E-state index contributed by atoms with van der Waals surface area (Å²) in [4.78, 5) is 13.7. The molecule has 7 heteroatoms. The van der Waals surface area contributed by atoms with Crippen molar-refractivity contribution in [1.29, 1.82) is 0 Å². The predicted molar refractivity (Wildman–Crippen MR) is 92.5 cm³/mol. The number of nitrogens with zero attached hydrogens (tertiary/aromatic N) is 3. The van der Waals surface area contributed by atoms with E-state index in [0.717, 1.165) is 25.1 Å². The van der Waals surface area contributed by atoms with Crippen molar-refractivity contribution in [3.8, 4) is 5.75 Å². The number of hydrogen-bond acceptors (Lipinski definition) is 5. The third kappa shape index (κ3) is 3.43. The molecule has 3 rings (SSSR count). The number of ether oxygens (including phenoxy) is 1. The highest BCUT2D eigenvalue weighted by molar-refractivity contribution is 6.29. The number of amides is 1. The Labute approximate surface area is 145 Å². The number of anilines is 1. The van der Waals surface area contributed by atoms with Gasteiger partial charge in [0.05, 0.1) is 12.2 Å². The molecule has 0 radical (unpaired) electrons. The van der Waals surface area contributed by atoms with Crippen LogP contribution in [0.5, 0.6) is 5.75 Å². The molecule has 0 bridgehead atoms. The Kier molecular flexibility index (Phi) is 4.85. The number of benzene rings is 1. The van der Waals surface area contributed by atoms with Crippen LogP contribution in [0, 0.1) is 0 Å². The van der Waals surface area contributed by atoms with Gasteiger partial charge in [0.1, 0.15) is 5.75 Å². The Hall–Kier alpha value is -2.34. The third-order valence-electron chi connectivity index (χ3n) is 3.97. The van der Waals surface area contributed by atoms with Crippen LogP contribution in [0.25, 0.3) is 0 Å². The van der Waals surface area contributed by atoms with Gasteiger partial charge in [-0.3, -0.25) is 4.79 Å². The molecule has 0 unspecified atom stereocenters. The average molecular weight is 347 g/mol. The molecule has 0 fully saturated rings. The molecular weight excluding hydrogens is 328 g/mol. The van der Waals surface area contributed by atoms with Crippen molar-refractivity contribution in [3.63, 3.8) is 0 Å². The molecule has 0 saturated heterocycles. The first-order valence-electron chi connectivity index (χ1n) is 7.91. The van der Waals surface area contributed by atoms with E-state index in [4.69, 9.17) is 22.1 Å². The number of halogens is 1. The van der Waals surface area contributed by atoms with Gasteiger partial charge in [-0.2, -0.15) is 0 Å². The lowest BCUT2D eigenvalue weighted by atomic mass is 9.99. The summed E-state index contributed by atoms with van der Waals surface area (Å²) in [7, 11) is 0. The van der Waals surface area contributed by atoms with E-state index in [1.165, 1.54) is 17.2 Å². The lowest BCUT2D eigenvalue weighted by molar-refractivity contribution is 0.1000. The molecule has 1 aliphatic heterocycles. The maximum Gasteiger partial charge on any atom is 0.252 e. The van der Waals surface area contributed by atoms with E-state index < -0.39 is 5.91 Å². The van der Waals surface area contributed by atoms with Crippen molar-refractivity contribution in [2.45, 2.75) is 26.3 Å². The van der Waals surface area contributed by atoms with Crippen molar-refractivity contribution < 1.29 is 9.53 Å². The second kappa shape index (κ2) is 7.05. The number of primary amides is 1. The van der Waals surface area contributed by atoms with E-state index in [1.54, 1.807) is 0 Å². The Balaban J connectivity index is 1.84. The fourth-order valence-electron chi connectivity index (χ4n) is 2.80. The molecule has 0 atom stereocenters. The number of fused-ring (bicyclic) bond motifs is 1. The zero-order valence-electron chi connectivity index (χ0n) is 13.5. The Bertz CT molecular complexity index is 766. The van der Waals surface area contributed by atoms with Gasteiger partial charge in [-0.15, -0.1) is 10.2 Å². The van der Waals surface area contributed by atoms with Crippen LogP contribution >= 0.6 is 11.6 Å². The molecule has 126 valence electrons. The van der Waals surface area contributed by atoms with Crippen LogP contribution in [0.15, 0.2) is 24.3 Å². The number of rotatable bonds is 5. The van der Waals surface area contributed by atoms with E-state index in [-0.39, 0.29) is 5.15 Å². The van der Waals surface area contributed by atoms with Crippen LogP contribution in [0.4, 0.5) is 5.82 Å². The summed E-state index contributed by atoms with van der Waals surface area (Å²) in [5, 5.41) is 8.08. The summed E-state index contributed by atoms with van der Waals surface area (Å²) in [6.07, 6.45) is 1.82. The fourth-order valence-corrected chi connectivity index (χ4v) is 2.94. The number of hydrogen-bond donors (Lipinski definition) is 1. The minimum Gasteiger partial charge on any atom is -0.494 e. The molecule has 24 heavy (non-hydrogen) atoms. The second-order valence-electron chi connectivity index (χ2n) is 5.72. The molecule has 0 aliphatic carbocycles. The molecule has 1 aliphatic rings. The first-order chi connectivity index (χ1) is 11.6. The monoisotopic (exact) mass is 346 g/mol. The molecule has 0 spiro atoms. The Morgan fingerprint density at radius 2 is 2.17 bits per heavy atom. The lowest BCUT2D eigenvalue weighted by Gasteiger charge is -2.30. The lowest BCUT2D eigenvalue weighted by Crippen LogP contribution is -2.33. The predicted octanol–water partition coefficient (Wildman–Crippen LogP) is 2.58. The molecule has 2 aromatic rings. The molecule has 2 N–H and O–H groups in total. The highest BCUT2D eigenvalue weighted by Gasteiger charge is 2.23. The molecule has 6 nitrogen and oxygen atoms in total. The van der Waals surface area contributed by atoms with Crippen LogP contribution in [-0.2, 0) is 13.0 Å². The molecule has 1 aromatic carbocycles. The summed E-state index contributed by atoms with van der Waals surface area (Å²) in [5.74, 6) is 0.813. The number of carbonyl (C=O) groups excluding carboxylic acids is 1. The minimum atomic E-state index is -0.559. The van der Waals surface area contributed by atoms with Crippen molar-refractivity contribution in [1.82, 2.24) is 10.2 Å². The fraction of sp³-hybridized carbons (Fsp3) is 0.353. The van der Waals surface area contributed by atoms with Gasteiger partial charge in [-0.05, 0) is 42.2 Å². The number of nitrogens with two attached hydrogens (primary N) is 1. The van der Waals surface area contributed by atoms with Gasteiger partial charge in [0, 0.05) is 13.1 Å². The first-order valence-corrected chi connectivity index (χ1v) is 8.29. The highest BCUT2D eigenvalue weighted by Crippen LogP contribution is 2.28. The summed E-state index contributed by atoms with van der Waals surface area (Å²) >= 11 is 5.83. The third-order valence-corrected chi connectivity index (χ3v) is 4.16. The van der Waals surface area contributed by atoms with Crippen LogP contribution in [-0.4, -0.2) is 29.3 Å². The van der Waals surface area contributed by atoms with E-state index in [2.05, 4.69) is 29.3 Å². The maximum absolute atomic E-state index is 11.7. The number of aromatic nitrogens is 2. The normalized spacial score (nSPS) is 13.5. The van der Waals surface area contributed by atoms with Gasteiger partial charge in [-0.1, -0.05) is 24.6 Å². The summed E-state index contributed by atoms with van der Waals surface area (Å²) in [6, 6.07) is 7.58. The van der Waals surface area contributed by atoms with Gasteiger partial charge in [0.15, 0.2) is 11.0 Å². The zero-order valence-corrected chi connectivity index (χ0v) is 14.2.